The summed E-state index contributed by atoms with van der Waals surface area (Å²) in [6.07, 6.45) is -0.916. The topological polar surface area (TPSA) is 54.4 Å². The van der Waals surface area contributed by atoms with E-state index in [1.54, 1.807) is 31.2 Å². The minimum Gasteiger partial charge on any atom is -0.387 e. The molecule has 0 amide bonds. The van der Waals surface area contributed by atoms with E-state index in [4.69, 9.17) is 0 Å². The van der Waals surface area contributed by atoms with Crippen LogP contribution in [-0.2, 0) is 9.84 Å². The van der Waals surface area contributed by atoms with Crippen LogP contribution in [-0.4, -0.2) is 25.0 Å². The van der Waals surface area contributed by atoms with Crippen molar-refractivity contribution >= 4 is 9.84 Å². The standard InChI is InChI=1S/C10H14O3S/c1-2-14(12,13)8-10(11)9-6-4-3-5-7-9/h3-7,10-11H,2,8H2,1H3/t10-/m0/s1. The van der Waals surface area contributed by atoms with Crippen molar-refractivity contribution in [2.75, 3.05) is 11.5 Å². The summed E-state index contributed by atoms with van der Waals surface area (Å²) in [5, 5.41) is 9.61. The lowest BCUT2D eigenvalue weighted by molar-refractivity contribution is 0.201. The summed E-state index contributed by atoms with van der Waals surface area (Å²) in [5.74, 6) is -0.135. The third-order valence-electron chi connectivity index (χ3n) is 2.04. The molecule has 0 unspecified atom stereocenters. The molecule has 0 spiro atoms. The Kier molecular flexibility index (Phi) is 3.66. The second-order valence-electron chi connectivity index (χ2n) is 3.13. The van der Waals surface area contributed by atoms with Crippen LogP contribution in [0.3, 0.4) is 0 Å². The van der Waals surface area contributed by atoms with E-state index in [0.29, 0.717) is 5.56 Å². The maximum atomic E-state index is 11.2. The molecule has 1 N–H and O–H groups in total. The molecule has 0 heterocycles. The number of aliphatic hydroxyl groups excluding tert-OH is 1. The summed E-state index contributed by atoms with van der Waals surface area (Å²) in [7, 11) is -3.12. The van der Waals surface area contributed by atoms with Gasteiger partial charge in [-0.1, -0.05) is 37.3 Å². The van der Waals surface area contributed by atoms with Crippen LogP contribution in [0.15, 0.2) is 30.3 Å². The molecule has 0 aliphatic rings. The predicted molar refractivity (Wildman–Crippen MR) is 55.7 cm³/mol. The average Bonchev–Trinajstić information content (AvgIpc) is 2.19. The average molecular weight is 214 g/mol. The SMILES string of the molecule is CCS(=O)(=O)C[C@H](O)c1ccccc1. The van der Waals surface area contributed by atoms with E-state index < -0.39 is 15.9 Å². The Morgan fingerprint density at radius 1 is 1.29 bits per heavy atom. The van der Waals surface area contributed by atoms with Crippen molar-refractivity contribution in [2.45, 2.75) is 13.0 Å². The fourth-order valence-corrected chi connectivity index (χ4v) is 2.04. The predicted octanol–water partition coefficient (Wildman–Crippen LogP) is 1.15. The van der Waals surface area contributed by atoms with Crippen molar-refractivity contribution in [2.24, 2.45) is 0 Å². The molecular weight excluding hydrogens is 200 g/mol. The second-order valence-corrected chi connectivity index (χ2v) is 5.52. The zero-order valence-electron chi connectivity index (χ0n) is 8.05. The molecule has 3 nitrogen and oxygen atoms in total. The molecule has 0 fully saturated rings. The molecule has 0 aliphatic carbocycles. The summed E-state index contributed by atoms with van der Waals surface area (Å²) in [6.45, 7) is 1.58. The second kappa shape index (κ2) is 4.57. The minimum atomic E-state index is -3.12. The van der Waals surface area contributed by atoms with Crippen molar-refractivity contribution in [3.63, 3.8) is 0 Å². The summed E-state index contributed by atoms with van der Waals surface area (Å²) in [4.78, 5) is 0. The van der Waals surface area contributed by atoms with Crippen LogP contribution < -0.4 is 0 Å². The Bertz CT molecular complexity index is 370. The molecule has 0 aromatic heterocycles. The summed E-state index contributed by atoms with van der Waals surface area (Å²) in [5.41, 5.74) is 0.643. The van der Waals surface area contributed by atoms with Crippen molar-refractivity contribution in [3.8, 4) is 0 Å². The normalized spacial score (nSPS) is 13.9. The molecule has 0 saturated heterocycles. The molecule has 1 aromatic carbocycles. The Hall–Kier alpha value is -0.870. The van der Waals surface area contributed by atoms with E-state index in [9.17, 15) is 13.5 Å². The van der Waals surface area contributed by atoms with Gasteiger partial charge in [0.2, 0.25) is 0 Å². The van der Waals surface area contributed by atoms with Crippen molar-refractivity contribution in [1.82, 2.24) is 0 Å². The summed E-state index contributed by atoms with van der Waals surface area (Å²) < 4.78 is 22.4. The highest BCUT2D eigenvalue weighted by Crippen LogP contribution is 2.14. The van der Waals surface area contributed by atoms with Crippen LogP contribution in [0.4, 0.5) is 0 Å². The van der Waals surface area contributed by atoms with E-state index in [-0.39, 0.29) is 11.5 Å². The minimum absolute atomic E-state index is 0.0664. The molecular formula is C10H14O3S. The molecule has 4 heteroatoms. The highest BCUT2D eigenvalue weighted by molar-refractivity contribution is 7.91. The molecule has 0 saturated carbocycles. The Balaban J connectivity index is 2.74. The van der Waals surface area contributed by atoms with Gasteiger partial charge in [-0.3, -0.25) is 0 Å². The smallest absolute Gasteiger partial charge is 0.152 e. The first kappa shape index (κ1) is 11.2. The number of sulfone groups is 1. The van der Waals surface area contributed by atoms with E-state index >= 15 is 0 Å². The maximum absolute atomic E-state index is 11.2. The van der Waals surface area contributed by atoms with Crippen LogP contribution in [0.5, 0.6) is 0 Å². The van der Waals surface area contributed by atoms with Gasteiger partial charge in [0.25, 0.3) is 0 Å². The van der Waals surface area contributed by atoms with Gasteiger partial charge in [-0.25, -0.2) is 8.42 Å². The Morgan fingerprint density at radius 2 is 1.86 bits per heavy atom. The van der Waals surface area contributed by atoms with Crippen LogP contribution in [0.1, 0.15) is 18.6 Å². The van der Waals surface area contributed by atoms with Gasteiger partial charge in [0, 0.05) is 5.75 Å². The lowest BCUT2D eigenvalue weighted by Crippen LogP contribution is -2.15. The monoisotopic (exact) mass is 214 g/mol. The molecule has 0 bridgehead atoms. The number of rotatable bonds is 4. The fourth-order valence-electron chi connectivity index (χ4n) is 1.13. The van der Waals surface area contributed by atoms with Crippen LogP contribution >= 0.6 is 0 Å². The molecule has 0 radical (unpaired) electrons. The summed E-state index contributed by atoms with van der Waals surface area (Å²) >= 11 is 0. The van der Waals surface area contributed by atoms with Crippen molar-refractivity contribution < 1.29 is 13.5 Å². The Morgan fingerprint density at radius 3 is 2.36 bits per heavy atom. The van der Waals surface area contributed by atoms with E-state index in [1.807, 2.05) is 6.07 Å². The fraction of sp³-hybridized carbons (Fsp3) is 0.400. The quantitative estimate of drug-likeness (QED) is 0.818. The van der Waals surface area contributed by atoms with Gasteiger partial charge in [0.1, 0.15) is 0 Å². The molecule has 78 valence electrons. The van der Waals surface area contributed by atoms with Gasteiger partial charge in [-0.15, -0.1) is 0 Å². The van der Waals surface area contributed by atoms with E-state index in [1.165, 1.54) is 0 Å². The number of hydrogen-bond donors (Lipinski definition) is 1. The number of aliphatic hydroxyl groups is 1. The Labute approximate surface area is 84.3 Å². The van der Waals surface area contributed by atoms with E-state index in [2.05, 4.69) is 0 Å². The first-order valence-electron chi connectivity index (χ1n) is 4.48. The molecule has 1 rings (SSSR count). The zero-order valence-corrected chi connectivity index (χ0v) is 8.87. The van der Waals surface area contributed by atoms with Gasteiger partial charge in [-0.2, -0.15) is 0 Å². The third kappa shape index (κ3) is 3.12. The molecule has 1 atom stereocenters. The largest absolute Gasteiger partial charge is 0.387 e. The highest BCUT2D eigenvalue weighted by Gasteiger charge is 2.16. The van der Waals surface area contributed by atoms with Crippen LogP contribution in [0.25, 0.3) is 0 Å². The number of hydrogen-bond acceptors (Lipinski definition) is 3. The first-order valence-corrected chi connectivity index (χ1v) is 6.30. The van der Waals surface area contributed by atoms with E-state index in [0.717, 1.165) is 0 Å². The lowest BCUT2D eigenvalue weighted by Gasteiger charge is -2.09. The van der Waals surface area contributed by atoms with Gasteiger partial charge in [-0.05, 0) is 5.56 Å². The lowest BCUT2D eigenvalue weighted by atomic mass is 10.1. The number of benzene rings is 1. The highest BCUT2D eigenvalue weighted by atomic mass is 32.2. The molecule has 14 heavy (non-hydrogen) atoms. The van der Waals surface area contributed by atoms with Gasteiger partial charge in [0.05, 0.1) is 11.9 Å². The van der Waals surface area contributed by atoms with Crippen molar-refractivity contribution in [1.29, 1.82) is 0 Å². The van der Waals surface area contributed by atoms with Crippen LogP contribution in [0.2, 0.25) is 0 Å². The first-order chi connectivity index (χ1) is 6.55. The molecule has 1 aromatic rings. The summed E-state index contributed by atoms with van der Waals surface area (Å²) in [6, 6.07) is 8.81. The maximum Gasteiger partial charge on any atom is 0.152 e. The van der Waals surface area contributed by atoms with Crippen LogP contribution in [0, 0.1) is 0 Å². The van der Waals surface area contributed by atoms with Gasteiger partial charge in [0.15, 0.2) is 9.84 Å². The zero-order chi connectivity index (χ0) is 10.6. The van der Waals surface area contributed by atoms with Gasteiger partial charge < -0.3 is 5.11 Å². The van der Waals surface area contributed by atoms with Crippen molar-refractivity contribution in [3.05, 3.63) is 35.9 Å². The van der Waals surface area contributed by atoms with Gasteiger partial charge >= 0.3 is 0 Å². The molecule has 0 aliphatic heterocycles. The third-order valence-corrected chi connectivity index (χ3v) is 3.74.